The van der Waals surface area contributed by atoms with Crippen molar-refractivity contribution in [2.75, 3.05) is 0 Å². The minimum absolute atomic E-state index is 0.0154. The summed E-state index contributed by atoms with van der Waals surface area (Å²) in [6.45, 7) is 0. The Balaban J connectivity index is 1.97. The third-order valence-corrected chi connectivity index (χ3v) is 2.83. The predicted octanol–water partition coefficient (Wildman–Crippen LogP) is 1.87. The van der Waals surface area contributed by atoms with E-state index in [1.807, 2.05) is 60.7 Å². The molecule has 3 rings (SSSR count). The van der Waals surface area contributed by atoms with Crippen LogP contribution in [0.4, 0.5) is 0 Å². The van der Waals surface area contributed by atoms with Gasteiger partial charge >= 0.3 is 0 Å². The van der Waals surface area contributed by atoms with Crippen LogP contribution in [0.15, 0.2) is 71.4 Å². The number of rotatable bonds is 2. The van der Waals surface area contributed by atoms with E-state index in [9.17, 15) is 4.79 Å². The van der Waals surface area contributed by atoms with E-state index < -0.39 is 0 Å². The lowest BCUT2D eigenvalue weighted by atomic mass is 10.1. The molecule has 0 saturated heterocycles. The molecule has 0 spiro atoms. The average Bonchev–Trinajstić information content (AvgIpc) is 2.82. The smallest absolute Gasteiger partial charge is 0.187 e. The number of hydrogen-bond acceptors (Lipinski definition) is 2. The van der Waals surface area contributed by atoms with Crippen LogP contribution < -0.4 is 10.6 Å². The molecule has 1 heterocycles. The van der Waals surface area contributed by atoms with Crippen molar-refractivity contribution in [3.05, 3.63) is 82.5 Å². The van der Waals surface area contributed by atoms with E-state index in [0.29, 0.717) is 11.3 Å². The monoisotopic (exact) mass is 233 g/mol. The van der Waals surface area contributed by atoms with Crippen molar-refractivity contribution in [3.8, 4) is 0 Å². The molecule has 2 nitrogen and oxygen atoms in total. The highest BCUT2D eigenvalue weighted by Gasteiger charge is 2.05. The molecule has 0 atom stereocenters. The van der Waals surface area contributed by atoms with Gasteiger partial charge in [0.25, 0.3) is 0 Å². The molecule has 2 aromatic rings. The third kappa shape index (κ3) is 2.00. The van der Waals surface area contributed by atoms with Crippen molar-refractivity contribution < 1.29 is 4.79 Å². The fourth-order valence-electron chi connectivity index (χ4n) is 1.94. The quantitative estimate of drug-likeness (QED) is 0.575. The van der Waals surface area contributed by atoms with Gasteiger partial charge in [0.05, 0.1) is 11.1 Å². The highest BCUT2D eigenvalue weighted by molar-refractivity contribution is 6.05. The number of ketones is 1. The van der Waals surface area contributed by atoms with E-state index in [2.05, 4.69) is 4.99 Å². The van der Waals surface area contributed by atoms with Gasteiger partial charge in [-0.1, -0.05) is 48.5 Å². The Hall–Kier alpha value is -2.48. The number of fused-ring (bicyclic) bond motifs is 1. The van der Waals surface area contributed by atoms with Gasteiger partial charge in [0, 0.05) is 16.9 Å². The molecule has 0 aliphatic carbocycles. The minimum Gasteiger partial charge on any atom is -0.289 e. The molecule has 2 aromatic carbocycles. The lowest BCUT2D eigenvalue weighted by Gasteiger charge is -1.94. The molecule has 1 aliphatic rings. The van der Waals surface area contributed by atoms with Crippen molar-refractivity contribution in [1.29, 1.82) is 0 Å². The maximum atomic E-state index is 12.0. The number of allylic oxidation sites excluding steroid dienone is 2. The summed E-state index contributed by atoms with van der Waals surface area (Å²) in [5.74, 6) is -0.0154. The first-order valence-corrected chi connectivity index (χ1v) is 5.79. The van der Waals surface area contributed by atoms with Crippen molar-refractivity contribution in [2.45, 2.75) is 0 Å². The Morgan fingerprint density at radius 3 is 2.44 bits per heavy atom. The fourth-order valence-corrected chi connectivity index (χ4v) is 1.94. The Bertz CT molecular complexity index is 705. The number of carbonyl (C=O) groups excluding carboxylic acids is 1. The first kappa shape index (κ1) is 10.7. The summed E-state index contributed by atoms with van der Waals surface area (Å²) in [5.41, 5.74) is 1.40. The molecular formula is C16H11NO. The van der Waals surface area contributed by atoms with Crippen LogP contribution >= 0.6 is 0 Å². The molecular weight excluding hydrogens is 222 g/mol. The van der Waals surface area contributed by atoms with Crippen LogP contribution in [0.5, 0.6) is 0 Å². The van der Waals surface area contributed by atoms with Gasteiger partial charge in [-0.25, -0.2) is 4.99 Å². The largest absolute Gasteiger partial charge is 0.289 e. The molecule has 86 valence electrons. The summed E-state index contributed by atoms with van der Waals surface area (Å²) >= 11 is 0. The van der Waals surface area contributed by atoms with E-state index in [4.69, 9.17) is 0 Å². The van der Waals surface area contributed by atoms with Crippen LogP contribution in [-0.4, -0.2) is 5.78 Å². The number of nitrogens with zero attached hydrogens (tertiary/aromatic N) is 1. The van der Waals surface area contributed by atoms with E-state index in [0.717, 1.165) is 10.6 Å². The standard InChI is InChI=1S/C16H11NO/c18-16(12-6-2-1-3-7-12)11-14-10-13-8-4-5-9-15(13)17-14/h1-11H. The Morgan fingerprint density at radius 1 is 0.944 bits per heavy atom. The van der Waals surface area contributed by atoms with Gasteiger partial charge in [-0.2, -0.15) is 0 Å². The molecule has 0 fully saturated rings. The average molecular weight is 233 g/mol. The number of benzene rings is 2. The summed E-state index contributed by atoms with van der Waals surface area (Å²) in [4.78, 5) is 16.4. The summed E-state index contributed by atoms with van der Waals surface area (Å²) in [7, 11) is 0. The predicted molar refractivity (Wildman–Crippen MR) is 70.5 cm³/mol. The second-order valence-electron chi connectivity index (χ2n) is 4.11. The van der Waals surface area contributed by atoms with Crippen molar-refractivity contribution in [2.24, 2.45) is 4.99 Å². The zero-order chi connectivity index (χ0) is 12.4. The van der Waals surface area contributed by atoms with Crippen molar-refractivity contribution in [3.63, 3.8) is 0 Å². The van der Waals surface area contributed by atoms with Gasteiger partial charge in [-0.3, -0.25) is 4.79 Å². The van der Waals surface area contributed by atoms with Gasteiger partial charge in [0.15, 0.2) is 5.78 Å². The third-order valence-electron chi connectivity index (χ3n) is 2.83. The first-order valence-electron chi connectivity index (χ1n) is 5.79. The maximum Gasteiger partial charge on any atom is 0.187 e. The van der Waals surface area contributed by atoms with Crippen LogP contribution in [0, 0.1) is 0 Å². The molecule has 0 unspecified atom stereocenters. The Morgan fingerprint density at radius 2 is 1.67 bits per heavy atom. The van der Waals surface area contributed by atoms with Crippen LogP contribution in [-0.2, 0) is 0 Å². The minimum atomic E-state index is -0.0154. The van der Waals surface area contributed by atoms with Gasteiger partial charge < -0.3 is 0 Å². The van der Waals surface area contributed by atoms with Crippen LogP contribution in [0.25, 0.3) is 6.08 Å². The summed E-state index contributed by atoms with van der Waals surface area (Å²) in [5, 5.41) is 1.98. The van der Waals surface area contributed by atoms with E-state index >= 15 is 0 Å². The molecule has 0 N–H and O–H groups in total. The lowest BCUT2D eigenvalue weighted by molar-refractivity contribution is 0.104. The summed E-state index contributed by atoms with van der Waals surface area (Å²) in [6.07, 6.45) is 3.51. The van der Waals surface area contributed by atoms with Gasteiger partial charge in [0.2, 0.25) is 0 Å². The lowest BCUT2D eigenvalue weighted by Crippen LogP contribution is -2.19. The van der Waals surface area contributed by atoms with Crippen LogP contribution in [0.2, 0.25) is 0 Å². The normalized spacial score (nSPS) is 14.8. The highest BCUT2D eigenvalue weighted by atomic mass is 16.1. The fraction of sp³-hybridized carbons (Fsp3) is 0. The van der Waals surface area contributed by atoms with Crippen molar-refractivity contribution >= 4 is 11.9 Å². The zero-order valence-electron chi connectivity index (χ0n) is 9.71. The number of carbonyl (C=O) groups is 1. The maximum absolute atomic E-state index is 12.0. The molecule has 2 heteroatoms. The zero-order valence-corrected chi connectivity index (χ0v) is 9.71. The number of para-hydroxylation sites is 1. The van der Waals surface area contributed by atoms with E-state index in [-0.39, 0.29) is 5.78 Å². The second-order valence-corrected chi connectivity index (χ2v) is 4.11. The Labute approximate surface area is 105 Å². The summed E-state index contributed by atoms with van der Waals surface area (Å²) < 4.78 is 0. The topological polar surface area (TPSA) is 29.4 Å². The van der Waals surface area contributed by atoms with Gasteiger partial charge in [-0.05, 0) is 12.1 Å². The first-order chi connectivity index (χ1) is 8.83. The molecule has 0 radical (unpaired) electrons. The molecule has 0 saturated carbocycles. The SMILES string of the molecule is O=C(C=C1C=c2ccccc2=N1)c1ccccc1. The molecule has 0 amide bonds. The Kier molecular flexibility index (Phi) is 2.61. The molecule has 0 bridgehead atoms. The highest BCUT2D eigenvalue weighted by Crippen LogP contribution is 2.06. The molecule has 1 aliphatic heterocycles. The second kappa shape index (κ2) is 4.41. The van der Waals surface area contributed by atoms with Crippen LogP contribution in [0.1, 0.15) is 10.4 Å². The summed E-state index contributed by atoms with van der Waals surface area (Å²) in [6, 6.07) is 17.1. The van der Waals surface area contributed by atoms with E-state index in [1.54, 1.807) is 6.08 Å². The molecule has 0 aromatic heterocycles. The molecule has 18 heavy (non-hydrogen) atoms. The van der Waals surface area contributed by atoms with Crippen molar-refractivity contribution in [1.82, 2.24) is 0 Å². The van der Waals surface area contributed by atoms with Crippen LogP contribution in [0.3, 0.4) is 0 Å². The van der Waals surface area contributed by atoms with E-state index in [1.165, 1.54) is 0 Å². The van der Waals surface area contributed by atoms with Gasteiger partial charge in [0.1, 0.15) is 0 Å². The van der Waals surface area contributed by atoms with Gasteiger partial charge in [-0.15, -0.1) is 0 Å². The number of hydrogen-bond donors (Lipinski definition) is 0.